The number of aryl methyl sites for hydroxylation is 1. The zero-order chi connectivity index (χ0) is 24.6. The number of anilines is 1. The highest BCUT2D eigenvalue weighted by Gasteiger charge is 2.23. The number of methoxy groups -OCH3 is 1. The Morgan fingerprint density at radius 3 is 2.66 bits per heavy atom. The number of fused-ring (bicyclic) bond motifs is 1. The van der Waals surface area contributed by atoms with Gasteiger partial charge in [0, 0.05) is 24.7 Å². The summed E-state index contributed by atoms with van der Waals surface area (Å²) in [5.74, 6) is 0.970. The lowest BCUT2D eigenvalue weighted by Crippen LogP contribution is -2.32. The smallest absolute Gasteiger partial charge is 0.265 e. The van der Waals surface area contributed by atoms with Gasteiger partial charge < -0.3 is 4.74 Å². The molecule has 35 heavy (non-hydrogen) atoms. The Morgan fingerprint density at radius 1 is 1.09 bits per heavy atom. The van der Waals surface area contributed by atoms with Crippen LogP contribution in [0.5, 0.6) is 5.75 Å². The van der Waals surface area contributed by atoms with Crippen molar-refractivity contribution in [2.45, 2.75) is 37.1 Å². The summed E-state index contributed by atoms with van der Waals surface area (Å²) in [6.07, 6.45) is 9.92. The molecule has 5 rings (SSSR count). The number of nitrogens with zero attached hydrogens (tertiary/aromatic N) is 6. The number of sulfonamides is 1. The van der Waals surface area contributed by atoms with Gasteiger partial charge in [-0.05, 0) is 62.7 Å². The molecule has 0 amide bonds. The third-order valence-corrected chi connectivity index (χ3v) is 7.92. The molecule has 1 saturated heterocycles. The third kappa shape index (κ3) is 4.48. The Balaban J connectivity index is 1.43. The van der Waals surface area contributed by atoms with Crippen LogP contribution < -0.4 is 9.46 Å². The molecular weight excluding hydrogens is 466 g/mol. The molecule has 0 radical (unpaired) electrons. The van der Waals surface area contributed by atoms with Gasteiger partial charge in [0.05, 0.1) is 31.2 Å². The lowest BCUT2D eigenvalue weighted by molar-refractivity contribution is 0.175. The van der Waals surface area contributed by atoms with Crippen molar-refractivity contribution in [3.63, 3.8) is 0 Å². The lowest BCUT2D eigenvalue weighted by atomic mass is 10.0. The summed E-state index contributed by atoms with van der Waals surface area (Å²) in [5.41, 5.74) is 2.08. The molecule has 1 aliphatic rings. The van der Waals surface area contributed by atoms with Gasteiger partial charge in [-0.1, -0.05) is 6.42 Å². The Kier molecular flexibility index (Phi) is 6.20. The van der Waals surface area contributed by atoms with Crippen molar-refractivity contribution in [1.29, 1.82) is 0 Å². The second-order valence-electron chi connectivity index (χ2n) is 8.79. The van der Waals surface area contributed by atoms with Gasteiger partial charge in [-0.3, -0.25) is 14.3 Å². The van der Waals surface area contributed by atoms with Gasteiger partial charge in [0.2, 0.25) is 0 Å². The summed E-state index contributed by atoms with van der Waals surface area (Å²) in [4.78, 5) is 6.92. The van der Waals surface area contributed by atoms with Crippen molar-refractivity contribution in [2.75, 3.05) is 24.9 Å². The summed E-state index contributed by atoms with van der Waals surface area (Å²) in [7, 11) is -0.705. The molecule has 184 valence electrons. The molecule has 11 heteroatoms. The second kappa shape index (κ2) is 9.31. The number of hydrogen-bond acceptors (Lipinski definition) is 7. The van der Waals surface area contributed by atoms with E-state index < -0.39 is 10.0 Å². The van der Waals surface area contributed by atoms with E-state index in [9.17, 15) is 8.42 Å². The minimum absolute atomic E-state index is 0.0232. The summed E-state index contributed by atoms with van der Waals surface area (Å²) in [6.45, 7) is 4.36. The number of likely N-dealkylation sites (tertiary alicyclic amines) is 1. The van der Waals surface area contributed by atoms with Gasteiger partial charge in [-0.2, -0.15) is 10.2 Å². The Morgan fingerprint density at radius 2 is 1.89 bits per heavy atom. The topological polar surface area (TPSA) is 107 Å². The van der Waals surface area contributed by atoms with Crippen LogP contribution in [0.15, 0.2) is 53.9 Å². The molecule has 1 aromatic carbocycles. The van der Waals surface area contributed by atoms with Gasteiger partial charge in [-0.15, -0.1) is 0 Å². The summed E-state index contributed by atoms with van der Waals surface area (Å²) in [6, 6.07) is 7.77. The molecule has 10 nitrogen and oxygen atoms in total. The molecule has 4 heterocycles. The molecule has 1 aliphatic heterocycles. The maximum absolute atomic E-state index is 13.3. The van der Waals surface area contributed by atoms with E-state index in [2.05, 4.69) is 31.7 Å². The fourth-order valence-electron chi connectivity index (χ4n) is 4.62. The number of nitrogens with one attached hydrogen (secondary N) is 1. The predicted octanol–water partition coefficient (Wildman–Crippen LogP) is 3.51. The molecule has 4 aromatic rings. The largest absolute Gasteiger partial charge is 0.494 e. The van der Waals surface area contributed by atoms with Crippen LogP contribution in [0.1, 0.15) is 37.8 Å². The highest BCUT2D eigenvalue weighted by molar-refractivity contribution is 7.92. The Hall–Kier alpha value is -3.44. The number of piperidine rings is 1. The summed E-state index contributed by atoms with van der Waals surface area (Å²) >= 11 is 0. The molecule has 0 bridgehead atoms. The van der Waals surface area contributed by atoms with Crippen LogP contribution in [-0.4, -0.2) is 58.1 Å². The predicted molar refractivity (Wildman–Crippen MR) is 133 cm³/mol. The van der Waals surface area contributed by atoms with Gasteiger partial charge in [0.25, 0.3) is 10.0 Å². The van der Waals surface area contributed by atoms with Crippen LogP contribution in [0, 0.1) is 0 Å². The molecule has 1 N–H and O–H groups in total. The van der Waals surface area contributed by atoms with E-state index in [0.717, 1.165) is 24.0 Å². The Labute approximate surface area is 204 Å². The van der Waals surface area contributed by atoms with Crippen LogP contribution in [-0.2, 0) is 17.1 Å². The van der Waals surface area contributed by atoms with E-state index >= 15 is 0 Å². The average Bonchev–Trinajstić information content (AvgIpc) is 3.52. The van der Waals surface area contributed by atoms with E-state index in [4.69, 9.17) is 4.74 Å². The number of ether oxygens (including phenoxy) is 1. The van der Waals surface area contributed by atoms with E-state index in [0.29, 0.717) is 22.8 Å². The molecule has 0 unspecified atom stereocenters. The quantitative estimate of drug-likeness (QED) is 0.418. The first-order chi connectivity index (χ1) is 16.9. The number of pyridine rings is 1. The van der Waals surface area contributed by atoms with E-state index in [1.807, 2.05) is 18.2 Å². The molecule has 0 saturated carbocycles. The second-order valence-corrected chi connectivity index (χ2v) is 10.5. The highest BCUT2D eigenvalue weighted by atomic mass is 32.2. The molecule has 0 aliphatic carbocycles. The first-order valence-electron chi connectivity index (χ1n) is 11.6. The molecule has 1 fully saturated rings. The van der Waals surface area contributed by atoms with Crippen LogP contribution in [0.4, 0.5) is 5.69 Å². The molecule has 3 aromatic heterocycles. The SMILES string of the molecule is COc1ccc2cnn(C)c2c1NS(=O)(=O)c1cnn(-c2cc([C@H](C)N3CCCCC3)ccn2)c1. The van der Waals surface area contributed by atoms with Crippen molar-refractivity contribution < 1.29 is 13.2 Å². The minimum atomic E-state index is -3.95. The fourth-order valence-corrected chi connectivity index (χ4v) is 5.62. The van der Waals surface area contributed by atoms with Crippen LogP contribution >= 0.6 is 0 Å². The van der Waals surface area contributed by atoms with Crippen molar-refractivity contribution in [2.24, 2.45) is 7.05 Å². The molecule has 0 spiro atoms. The standard InChI is InChI=1S/C24H29N7O3S/c1-17(30-11-5-4-6-12-30)18-9-10-25-22(13-18)31-16-20(15-27-31)35(32,33)28-23-21(34-3)8-7-19-14-26-29(2)24(19)23/h7-10,13-17,28H,4-6,11-12H2,1-3H3/t17-/m0/s1. The zero-order valence-corrected chi connectivity index (χ0v) is 20.9. The first-order valence-corrected chi connectivity index (χ1v) is 13.1. The number of hydrogen-bond donors (Lipinski definition) is 1. The minimum Gasteiger partial charge on any atom is -0.494 e. The number of benzene rings is 1. The van der Waals surface area contributed by atoms with Gasteiger partial charge in [-0.25, -0.2) is 18.1 Å². The van der Waals surface area contributed by atoms with E-state index in [1.54, 1.807) is 30.2 Å². The van der Waals surface area contributed by atoms with Crippen LogP contribution in [0.25, 0.3) is 16.7 Å². The molecular formula is C24H29N7O3S. The molecule has 1 atom stereocenters. The van der Waals surface area contributed by atoms with Crippen molar-refractivity contribution in [3.05, 3.63) is 54.6 Å². The first kappa shape index (κ1) is 23.3. The highest BCUT2D eigenvalue weighted by Crippen LogP contribution is 2.34. The fraction of sp³-hybridized carbons (Fsp3) is 0.375. The third-order valence-electron chi connectivity index (χ3n) is 6.62. The van der Waals surface area contributed by atoms with Crippen molar-refractivity contribution >= 4 is 26.6 Å². The number of aromatic nitrogens is 5. The maximum atomic E-state index is 13.3. The lowest BCUT2D eigenvalue weighted by Gasteiger charge is -2.32. The van der Waals surface area contributed by atoms with Crippen LogP contribution in [0.2, 0.25) is 0 Å². The average molecular weight is 496 g/mol. The van der Waals surface area contributed by atoms with Gasteiger partial charge >= 0.3 is 0 Å². The summed E-state index contributed by atoms with van der Waals surface area (Å²) < 4.78 is 37.8. The van der Waals surface area contributed by atoms with Gasteiger partial charge in [0.1, 0.15) is 16.3 Å². The van der Waals surface area contributed by atoms with Crippen LogP contribution in [0.3, 0.4) is 0 Å². The van der Waals surface area contributed by atoms with E-state index in [1.165, 1.54) is 43.4 Å². The normalized spacial score (nSPS) is 15.9. The van der Waals surface area contributed by atoms with E-state index in [-0.39, 0.29) is 10.9 Å². The Bertz CT molecular complexity index is 1460. The number of rotatable bonds is 7. The maximum Gasteiger partial charge on any atom is 0.265 e. The van der Waals surface area contributed by atoms with Crippen molar-refractivity contribution in [1.82, 2.24) is 29.4 Å². The van der Waals surface area contributed by atoms with Gasteiger partial charge in [0.15, 0.2) is 5.82 Å². The monoisotopic (exact) mass is 495 g/mol. The zero-order valence-electron chi connectivity index (χ0n) is 20.0. The summed E-state index contributed by atoms with van der Waals surface area (Å²) in [5, 5.41) is 9.32. The van der Waals surface area contributed by atoms with Crippen molar-refractivity contribution in [3.8, 4) is 11.6 Å².